The normalized spacial score (nSPS) is 14.8. The van der Waals surface area contributed by atoms with E-state index in [1.165, 1.54) is 12.1 Å². The topological polar surface area (TPSA) is 41.4 Å². The van der Waals surface area contributed by atoms with Crippen LogP contribution in [-0.4, -0.2) is 46.8 Å². The van der Waals surface area contributed by atoms with Crippen LogP contribution >= 0.6 is 0 Å². The zero-order valence-electron chi connectivity index (χ0n) is 16.4. The van der Waals surface area contributed by atoms with E-state index < -0.39 is 11.7 Å². The summed E-state index contributed by atoms with van der Waals surface area (Å²) in [5.41, 5.74) is 2.13. The standard InChI is InChI=1S/C22H21F3N4O/c1-16-15-20(29(26-16)19-5-3-2-4-6-19)21(30)28-13-11-27(12-14-28)18-9-7-17(8-10-18)22(23,24)25/h2-10,15H,11-14H2,1H3. The van der Waals surface area contributed by atoms with Crippen LogP contribution in [0.1, 0.15) is 21.7 Å². The Labute approximate surface area is 172 Å². The molecule has 1 fully saturated rings. The predicted octanol–water partition coefficient (Wildman–Crippen LogP) is 4.16. The smallest absolute Gasteiger partial charge is 0.368 e. The molecule has 0 bridgehead atoms. The summed E-state index contributed by atoms with van der Waals surface area (Å²) < 4.78 is 39.9. The molecule has 156 valence electrons. The number of hydrogen-bond donors (Lipinski definition) is 0. The van der Waals surface area contributed by atoms with Gasteiger partial charge in [-0.25, -0.2) is 4.68 Å². The molecule has 2 heterocycles. The number of para-hydroxylation sites is 1. The Morgan fingerprint density at radius 1 is 0.900 bits per heavy atom. The lowest BCUT2D eigenvalue weighted by atomic mass is 10.1. The second-order valence-corrected chi connectivity index (χ2v) is 7.24. The fourth-order valence-electron chi connectivity index (χ4n) is 3.61. The average Bonchev–Trinajstić information content (AvgIpc) is 3.15. The van der Waals surface area contributed by atoms with Gasteiger partial charge in [-0.1, -0.05) is 18.2 Å². The highest BCUT2D eigenvalue weighted by molar-refractivity contribution is 5.93. The summed E-state index contributed by atoms with van der Waals surface area (Å²) >= 11 is 0. The maximum absolute atomic E-state index is 13.1. The van der Waals surface area contributed by atoms with Crippen LogP contribution in [0.2, 0.25) is 0 Å². The molecule has 1 aliphatic heterocycles. The van der Waals surface area contributed by atoms with Crippen molar-refractivity contribution < 1.29 is 18.0 Å². The van der Waals surface area contributed by atoms with Crippen molar-refractivity contribution in [2.24, 2.45) is 0 Å². The fourth-order valence-corrected chi connectivity index (χ4v) is 3.61. The molecular formula is C22H21F3N4O. The molecule has 0 unspecified atom stereocenters. The number of aromatic nitrogens is 2. The van der Waals surface area contributed by atoms with E-state index in [-0.39, 0.29) is 5.91 Å². The van der Waals surface area contributed by atoms with Gasteiger partial charge in [0.1, 0.15) is 5.69 Å². The number of carbonyl (C=O) groups is 1. The van der Waals surface area contributed by atoms with Crippen molar-refractivity contribution in [3.05, 3.63) is 77.6 Å². The first-order valence-electron chi connectivity index (χ1n) is 9.66. The Morgan fingerprint density at radius 3 is 2.13 bits per heavy atom. The summed E-state index contributed by atoms with van der Waals surface area (Å²) in [7, 11) is 0. The molecule has 0 N–H and O–H groups in total. The second-order valence-electron chi connectivity index (χ2n) is 7.24. The third-order valence-electron chi connectivity index (χ3n) is 5.18. The highest BCUT2D eigenvalue weighted by atomic mass is 19.4. The van der Waals surface area contributed by atoms with Gasteiger partial charge >= 0.3 is 6.18 Å². The summed E-state index contributed by atoms with van der Waals surface area (Å²) in [5, 5.41) is 4.45. The summed E-state index contributed by atoms with van der Waals surface area (Å²) in [6, 6.07) is 16.4. The molecule has 3 aromatic rings. The molecule has 0 aliphatic carbocycles. The Kier molecular flexibility index (Phi) is 5.24. The lowest BCUT2D eigenvalue weighted by Crippen LogP contribution is -2.49. The van der Waals surface area contributed by atoms with Crippen LogP contribution < -0.4 is 4.90 Å². The Bertz CT molecular complexity index is 1020. The largest absolute Gasteiger partial charge is 0.416 e. The number of rotatable bonds is 3. The molecule has 1 saturated heterocycles. The number of anilines is 1. The number of carbonyl (C=O) groups excluding carboxylic acids is 1. The van der Waals surface area contributed by atoms with E-state index in [0.29, 0.717) is 31.9 Å². The zero-order chi connectivity index (χ0) is 21.3. The van der Waals surface area contributed by atoms with Gasteiger partial charge in [0.25, 0.3) is 5.91 Å². The van der Waals surface area contributed by atoms with Gasteiger partial charge in [0.15, 0.2) is 0 Å². The molecule has 1 aromatic heterocycles. The number of hydrogen-bond acceptors (Lipinski definition) is 3. The average molecular weight is 414 g/mol. The summed E-state index contributed by atoms with van der Waals surface area (Å²) in [6.45, 7) is 3.92. The quantitative estimate of drug-likeness (QED) is 0.646. The highest BCUT2D eigenvalue weighted by Gasteiger charge is 2.30. The van der Waals surface area contributed by atoms with Crippen molar-refractivity contribution in [1.29, 1.82) is 0 Å². The first-order chi connectivity index (χ1) is 14.3. The van der Waals surface area contributed by atoms with Crippen LogP contribution in [0.25, 0.3) is 5.69 Å². The van der Waals surface area contributed by atoms with Crippen LogP contribution in [0.15, 0.2) is 60.7 Å². The molecule has 1 aliphatic rings. The van der Waals surface area contributed by atoms with E-state index in [9.17, 15) is 18.0 Å². The number of piperazine rings is 1. The van der Waals surface area contributed by atoms with E-state index in [4.69, 9.17) is 0 Å². The highest BCUT2D eigenvalue weighted by Crippen LogP contribution is 2.30. The summed E-state index contributed by atoms with van der Waals surface area (Å²) in [6.07, 6.45) is -4.34. The predicted molar refractivity (Wildman–Crippen MR) is 108 cm³/mol. The molecule has 30 heavy (non-hydrogen) atoms. The van der Waals surface area contributed by atoms with Crippen molar-refractivity contribution in [1.82, 2.24) is 14.7 Å². The van der Waals surface area contributed by atoms with Crippen LogP contribution in [0.3, 0.4) is 0 Å². The number of nitrogens with zero attached hydrogens (tertiary/aromatic N) is 4. The van der Waals surface area contributed by atoms with E-state index in [2.05, 4.69) is 5.10 Å². The maximum Gasteiger partial charge on any atom is 0.416 e. The monoisotopic (exact) mass is 414 g/mol. The van der Waals surface area contributed by atoms with Gasteiger partial charge in [0, 0.05) is 31.9 Å². The van der Waals surface area contributed by atoms with E-state index in [1.807, 2.05) is 42.2 Å². The van der Waals surface area contributed by atoms with Crippen molar-refractivity contribution in [3.8, 4) is 5.69 Å². The van der Waals surface area contributed by atoms with Gasteiger partial charge < -0.3 is 9.80 Å². The van der Waals surface area contributed by atoms with Crippen LogP contribution in [0.4, 0.5) is 18.9 Å². The van der Waals surface area contributed by atoms with Gasteiger partial charge in [-0.3, -0.25) is 4.79 Å². The molecule has 0 atom stereocenters. The van der Waals surface area contributed by atoms with Gasteiger partial charge in [-0.15, -0.1) is 0 Å². The van der Waals surface area contributed by atoms with Crippen LogP contribution in [0, 0.1) is 6.92 Å². The maximum atomic E-state index is 13.1. The lowest BCUT2D eigenvalue weighted by molar-refractivity contribution is -0.137. The Morgan fingerprint density at radius 2 is 1.53 bits per heavy atom. The second kappa shape index (κ2) is 7.85. The SMILES string of the molecule is Cc1cc(C(=O)N2CCN(c3ccc(C(F)(F)F)cc3)CC2)n(-c2ccccc2)n1. The number of alkyl halides is 3. The number of benzene rings is 2. The van der Waals surface area contributed by atoms with Crippen molar-refractivity contribution in [3.63, 3.8) is 0 Å². The van der Waals surface area contributed by atoms with E-state index in [1.54, 1.807) is 15.6 Å². The number of halogens is 3. The fraction of sp³-hybridized carbons (Fsp3) is 0.273. The van der Waals surface area contributed by atoms with Crippen LogP contribution in [0.5, 0.6) is 0 Å². The van der Waals surface area contributed by atoms with Crippen molar-refractivity contribution in [2.45, 2.75) is 13.1 Å². The van der Waals surface area contributed by atoms with Gasteiger partial charge in [-0.05, 0) is 49.4 Å². The number of aryl methyl sites for hydroxylation is 1. The van der Waals surface area contributed by atoms with Gasteiger partial charge in [0.2, 0.25) is 0 Å². The van der Waals surface area contributed by atoms with Gasteiger partial charge in [-0.2, -0.15) is 18.3 Å². The zero-order valence-corrected chi connectivity index (χ0v) is 16.4. The minimum Gasteiger partial charge on any atom is -0.368 e. The Hall–Kier alpha value is -3.29. The van der Waals surface area contributed by atoms with Crippen LogP contribution in [-0.2, 0) is 6.18 Å². The minimum atomic E-state index is -4.34. The molecule has 1 amide bonds. The Balaban J connectivity index is 1.46. The molecule has 0 radical (unpaired) electrons. The summed E-state index contributed by atoms with van der Waals surface area (Å²) in [4.78, 5) is 16.9. The molecule has 8 heteroatoms. The molecule has 0 saturated carbocycles. The molecule has 0 spiro atoms. The molecule has 4 rings (SSSR count). The molecule has 5 nitrogen and oxygen atoms in total. The summed E-state index contributed by atoms with van der Waals surface area (Å²) in [5.74, 6) is -0.105. The molecule has 2 aromatic carbocycles. The van der Waals surface area contributed by atoms with Gasteiger partial charge in [0.05, 0.1) is 16.9 Å². The third kappa shape index (κ3) is 4.03. The van der Waals surface area contributed by atoms with Crippen molar-refractivity contribution >= 4 is 11.6 Å². The van der Waals surface area contributed by atoms with Crippen molar-refractivity contribution in [2.75, 3.05) is 31.1 Å². The first-order valence-corrected chi connectivity index (χ1v) is 9.66. The minimum absolute atomic E-state index is 0.105. The third-order valence-corrected chi connectivity index (χ3v) is 5.18. The molecular weight excluding hydrogens is 393 g/mol. The first kappa shape index (κ1) is 20.0. The van der Waals surface area contributed by atoms with E-state index >= 15 is 0 Å². The van der Waals surface area contributed by atoms with E-state index in [0.717, 1.165) is 29.2 Å². The lowest BCUT2D eigenvalue weighted by Gasteiger charge is -2.36. The number of amides is 1.